The molecule has 0 aliphatic rings. The zero-order valence-electron chi connectivity index (χ0n) is 16.5. The Labute approximate surface area is 153 Å². The minimum absolute atomic E-state index is 0.638. The molecule has 0 amide bonds. The molecule has 0 spiro atoms. The number of hydrogen-bond acceptors (Lipinski definition) is 4. The highest BCUT2D eigenvalue weighted by Crippen LogP contribution is 2.08. The summed E-state index contributed by atoms with van der Waals surface area (Å²) in [5.74, 6) is 0. The Bertz CT molecular complexity index is 240. The minimum atomic E-state index is -0.967. The van der Waals surface area contributed by atoms with Crippen LogP contribution in [0.3, 0.4) is 0 Å². The van der Waals surface area contributed by atoms with Crippen LogP contribution in [0.25, 0.3) is 0 Å². The van der Waals surface area contributed by atoms with Crippen molar-refractivity contribution >= 4 is 58.1 Å². The van der Waals surface area contributed by atoms with Crippen molar-refractivity contribution < 1.29 is 0 Å². The summed E-state index contributed by atoms with van der Waals surface area (Å²) >= 11 is 0. The SMILES string of the molecule is CC(C)N[SiH](C[SiH3])N([SiH](C[SiH3])NC(C)C)[SiH](C[SiH3])NC(C)C. The van der Waals surface area contributed by atoms with E-state index >= 15 is 0 Å². The van der Waals surface area contributed by atoms with Gasteiger partial charge in [-0.2, -0.15) is 0 Å². The smallest absolute Gasteiger partial charge is 0.172 e. The fourth-order valence-electron chi connectivity index (χ4n) is 3.05. The Morgan fingerprint density at radius 3 is 1.00 bits per heavy atom. The maximum absolute atomic E-state index is 4.03. The monoisotopic (exact) mass is 410 g/mol. The Balaban J connectivity index is 5.39. The molecule has 22 heavy (non-hydrogen) atoms. The highest BCUT2D eigenvalue weighted by atomic mass is 28.4. The van der Waals surface area contributed by atoms with Crippen LogP contribution in [0.2, 0.25) is 17.0 Å². The Morgan fingerprint density at radius 1 is 0.636 bits per heavy atom. The predicted molar refractivity (Wildman–Crippen MR) is 122 cm³/mol. The summed E-state index contributed by atoms with van der Waals surface area (Å²) < 4.78 is 3.15. The van der Waals surface area contributed by atoms with Crippen LogP contribution in [-0.2, 0) is 0 Å². The first-order valence-electron chi connectivity index (χ1n) is 9.32. The van der Waals surface area contributed by atoms with Gasteiger partial charge in [0.05, 0.1) is 0 Å². The molecule has 0 bridgehead atoms. The fourth-order valence-corrected chi connectivity index (χ4v) is 31.9. The van der Waals surface area contributed by atoms with Crippen LogP contribution in [0.1, 0.15) is 41.5 Å². The molecule has 3 atom stereocenters. The first-order chi connectivity index (χ1) is 10.3. The van der Waals surface area contributed by atoms with E-state index in [2.05, 4.69) is 60.4 Å². The average molecular weight is 411 g/mol. The van der Waals surface area contributed by atoms with E-state index in [-0.39, 0.29) is 0 Å². The third kappa shape index (κ3) is 8.84. The first-order valence-corrected chi connectivity index (χ1v) is 19.3. The van der Waals surface area contributed by atoms with Crippen LogP contribution < -0.4 is 14.9 Å². The lowest BCUT2D eigenvalue weighted by atomic mass is 10.4. The van der Waals surface area contributed by atoms with Crippen molar-refractivity contribution in [2.24, 2.45) is 0 Å². The topological polar surface area (TPSA) is 39.3 Å². The van der Waals surface area contributed by atoms with Crippen molar-refractivity contribution in [3.63, 3.8) is 0 Å². The van der Waals surface area contributed by atoms with E-state index in [4.69, 9.17) is 0 Å². The van der Waals surface area contributed by atoms with E-state index in [9.17, 15) is 0 Å². The van der Waals surface area contributed by atoms with Gasteiger partial charge in [0.1, 0.15) is 0 Å². The number of rotatable bonds is 12. The summed E-state index contributed by atoms with van der Waals surface area (Å²) in [6.07, 6.45) is 0. The molecular weight excluding hydrogens is 369 g/mol. The molecule has 0 radical (unpaired) electrons. The fraction of sp³-hybridized carbons (Fsp3) is 1.00. The molecule has 0 aromatic carbocycles. The van der Waals surface area contributed by atoms with Gasteiger partial charge < -0.3 is 18.8 Å². The zero-order chi connectivity index (χ0) is 17.3. The molecule has 4 nitrogen and oxygen atoms in total. The summed E-state index contributed by atoms with van der Waals surface area (Å²) in [5, 5.41) is 0. The second kappa shape index (κ2) is 12.5. The molecule has 0 aliphatic heterocycles. The quantitative estimate of drug-likeness (QED) is 0.298. The lowest BCUT2D eigenvalue weighted by Crippen LogP contribution is -2.72. The largest absolute Gasteiger partial charge is 0.340 e. The molecular formula is C12H42N4Si6. The van der Waals surface area contributed by atoms with Gasteiger partial charge in [0, 0.05) is 30.7 Å². The van der Waals surface area contributed by atoms with E-state index in [1.54, 1.807) is 0 Å². The lowest BCUT2D eigenvalue weighted by molar-refractivity contribution is 0.662. The van der Waals surface area contributed by atoms with Crippen molar-refractivity contribution in [1.82, 2.24) is 18.8 Å². The highest BCUT2D eigenvalue weighted by Gasteiger charge is 2.33. The highest BCUT2D eigenvalue weighted by molar-refractivity contribution is 6.89. The van der Waals surface area contributed by atoms with Gasteiger partial charge in [-0.1, -0.05) is 41.5 Å². The minimum Gasteiger partial charge on any atom is -0.340 e. The number of nitrogens with one attached hydrogen (secondary N) is 3. The molecule has 3 unspecified atom stereocenters. The van der Waals surface area contributed by atoms with Crippen LogP contribution in [-0.4, -0.2) is 80.1 Å². The van der Waals surface area contributed by atoms with Gasteiger partial charge >= 0.3 is 0 Å². The normalized spacial score (nSPS) is 17.2. The molecule has 0 heterocycles. The van der Waals surface area contributed by atoms with Crippen molar-refractivity contribution in [2.45, 2.75) is 76.7 Å². The third-order valence-corrected chi connectivity index (χ3v) is 24.9. The number of hydrogen-bond donors (Lipinski definition) is 3. The lowest BCUT2D eigenvalue weighted by Gasteiger charge is -2.44. The first kappa shape index (κ1) is 23.1. The van der Waals surface area contributed by atoms with Crippen LogP contribution in [0, 0.1) is 0 Å². The van der Waals surface area contributed by atoms with Crippen LogP contribution in [0.15, 0.2) is 0 Å². The van der Waals surface area contributed by atoms with E-state index < -0.39 is 27.4 Å². The van der Waals surface area contributed by atoms with Crippen molar-refractivity contribution in [1.29, 1.82) is 0 Å². The molecule has 0 fully saturated rings. The molecule has 10 heteroatoms. The van der Waals surface area contributed by atoms with E-state index in [0.717, 1.165) is 0 Å². The van der Waals surface area contributed by atoms with Crippen molar-refractivity contribution in [3.05, 3.63) is 0 Å². The van der Waals surface area contributed by atoms with E-state index in [1.807, 2.05) is 0 Å². The summed E-state index contributed by atoms with van der Waals surface area (Å²) in [4.78, 5) is 12.1. The maximum Gasteiger partial charge on any atom is 0.172 e. The third-order valence-electron chi connectivity index (χ3n) is 3.82. The van der Waals surface area contributed by atoms with Gasteiger partial charge in [-0.15, -0.1) is 0 Å². The van der Waals surface area contributed by atoms with Gasteiger partial charge in [0.25, 0.3) is 0 Å². The van der Waals surface area contributed by atoms with Gasteiger partial charge in [-0.05, 0) is 35.1 Å². The molecule has 0 rings (SSSR count). The molecule has 0 aliphatic carbocycles. The molecule has 134 valence electrons. The van der Waals surface area contributed by atoms with E-state index in [0.29, 0.717) is 18.1 Å². The van der Waals surface area contributed by atoms with Gasteiger partial charge in [0.15, 0.2) is 27.4 Å². The van der Waals surface area contributed by atoms with Gasteiger partial charge in [0.2, 0.25) is 0 Å². The standard InChI is InChI=1S/C12H42N4Si6/c1-10(2)13-20(7-17)16(21(8-18)14-11(3)4)22(9-19)15-12(5)6/h10-15,20-22H,7-9H2,1-6,17-19H3. The number of nitrogens with zero attached hydrogens (tertiary/aromatic N) is 1. The Morgan fingerprint density at radius 2 is 0.864 bits per heavy atom. The van der Waals surface area contributed by atoms with Gasteiger partial charge in [-0.3, -0.25) is 0 Å². The van der Waals surface area contributed by atoms with Crippen LogP contribution >= 0.6 is 0 Å². The molecule has 0 saturated heterocycles. The summed E-state index contributed by atoms with van der Waals surface area (Å²) in [6.45, 7) is 14.0. The summed E-state index contributed by atoms with van der Waals surface area (Å²) in [5.41, 5.74) is 4.44. The Hall–Kier alpha value is 1.14. The molecule has 0 aromatic rings. The second-order valence-electron chi connectivity index (χ2n) is 7.18. The van der Waals surface area contributed by atoms with Crippen LogP contribution in [0.5, 0.6) is 0 Å². The molecule has 3 N–H and O–H groups in total. The van der Waals surface area contributed by atoms with E-state index in [1.165, 1.54) is 47.7 Å². The summed E-state index contributed by atoms with van der Waals surface area (Å²) in [6, 6.07) is 1.91. The average Bonchev–Trinajstić information content (AvgIpc) is 2.42. The molecule has 0 saturated carbocycles. The predicted octanol–water partition coefficient (Wildman–Crippen LogP) is -3.09. The van der Waals surface area contributed by atoms with Crippen LogP contribution in [0.4, 0.5) is 0 Å². The maximum atomic E-state index is 4.03. The van der Waals surface area contributed by atoms with Crippen molar-refractivity contribution in [3.8, 4) is 0 Å². The zero-order valence-corrected chi connectivity index (χ0v) is 26.0. The summed E-state index contributed by atoms with van der Waals surface area (Å²) in [7, 11) is 1.12. The second-order valence-corrected chi connectivity index (χ2v) is 24.7. The van der Waals surface area contributed by atoms with Gasteiger partial charge in [-0.25, -0.2) is 0 Å². The molecule has 0 aromatic heterocycles. The van der Waals surface area contributed by atoms with Crippen molar-refractivity contribution in [2.75, 3.05) is 0 Å². The Kier molecular flexibility index (Phi) is 13.1.